The van der Waals surface area contributed by atoms with Gasteiger partial charge in [-0.15, -0.1) is 0 Å². The second-order valence-corrected chi connectivity index (χ2v) is 22.1. The predicted molar refractivity (Wildman–Crippen MR) is 253 cm³/mol. The molecule has 0 rings (SSSR count). The number of unbranched alkanes of at least 4 members (excludes halogenated alkanes) is 32. The second kappa shape index (κ2) is 40.5. The van der Waals surface area contributed by atoms with E-state index in [4.69, 9.17) is 21.0 Å². The van der Waals surface area contributed by atoms with Crippen LogP contribution in [0.5, 0.6) is 0 Å². The highest BCUT2D eigenvalue weighted by Crippen LogP contribution is 2.38. The van der Waals surface area contributed by atoms with Gasteiger partial charge < -0.3 is 0 Å². The van der Waals surface area contributed by atoms with Gasteiger partial charge in [0, 0.05) is 51.9 Å². The minimum atomic E-state index is -4.24. The average Bonchev–Trinajstić information content (AvgIpc) is 3.25. The molecule has 352 valence electrons. The van der Waals surface area contributed by atoms with Gasteiger partial charge in [-0.3, -0.25) is 0 Å². The predicted octanol–water partition coefficient (Wildman–Crippen LogP) is 13.9. The molecule has 12 heteroatoms. The molecular weight excluding hydrogens is 801 g/mol. The van der Waals surface area contributed by atoms with Crippen molar-refractivity contribution >= 4 is 20.0 Å². The van der Waals surface area contributed by atoms with E-state index in [1.54, 1.807) is 22.5 Å². The van der Waals surface area contributed by atoms with Crippen molar-refractivity contribution in [3.05, 3.63) is 0 Å². The zero-order valence-electron chi connectivity index (χ0n) is 39.3. The maximum Gasteiger partial charge on any atom is 0.235 e. The lowest BCUT2D eigenvalue weighted by atomic mass is 10.1. The van der Waals surface area contributed by atoms with Crippen LogP contribution in [-0.4, -0.2) is 55.7 Å². The summed E-state index contributed by atoms with van der Waals surface area (Å²) in [5, 5.41) is 35.1. The van der Waals surface area contributed by atoms with Crippen molar-refractivity contribution in [3.8, 4) is 24.3 Å². The Morgan fingerprint density at radius 1 is 0.311 bits per heavy atom. The standard InChI is InChI=1S/C49H90N6O4S2/c1-3-49(4-2,60(56,57)54(45-37-29-21-13-5-9-17-25-33-41-50)46-38-30-22-14-6-10-18-26-34-42-51)61(58,59)55(47-39-31-23-15-7-11-19-27-35-43-52)48-40-32-24-16-8-12-20-28-36-44-53/h3-40,45-48H2,1-2H3. The highest BCUT2D eigenvalue weighted by Gasteiger charge is 2.56. The molecule has 0 saturated carbocycles. The molecule has 0 bridgehead atoms. The summed E-state index contributed by atoms with van der Waals surface area (Å²) in [5.74, 6) is 0. The Hall–Kier alpha value is -2.22. The Bertz CT molecular complexity index is 1250. The highest BCUT2D eigenvalue weighted by atomic mass is 32.3. The molecule has 0 aliphatic rings. The third-order valence-corrected chi connectivity index (χ3v) is 18.9. The molecular formula is C49H90N6O4S2. The topological polar surface area (TPSA) is 170 Å². The van der Waals surface area contributed by atoms with Crippen LogP contribution in [0.25, 0.3) is 0 Å². The van der Waals surface area contributed by atoms with Crippen LogP contribution in [-0.2, 0) is 20.0 Å². The molecule has 0 spiro atoms. The summed E-state index contributed by atoms with van der Waals surface area (Å²) in [5.41, 5.74) is 0. The van der Waals surface area contributed by atoms with E-state index in [2.05, 4.69) is 24.3 Å². The molecule has 0 radical (unpaired) electrons. The third-order valence-electron chi connectivity index (χ3n) is 12.5. The molecule has 0 aromatic rings. The Labute approximate surface area is 377 Å². The zero-order valence-corrected chi connectivity index (χ0v) is 41.0. The number of rotatable bonds is 46. The van der Waals surface area contributed by atoms with E-state index < -0.39 is 24.1 Å². The van der Waals surface area contributed by atoms with Gasteiger partial charge in [0.2, 0.25) is 24.1 Å². The highest BCUT2D eigenvalue weighted by molar-refractivity contribution is 8.08. The number of sulfonamides is 2. The normalized spacial score (nSPS) is 12.1. The fraction of sp³-hybridized carbons (Fsp3) is 0.918. The third kappa shape index (κ3) is 26.9. The van der Waals surface area contributed by atoms with Gasteiger partial charge in [0.25, 0.3) is 0 Å². The van der Waals surface area contributed by atoms with Crippen LogP contribution in [0.1, 0.15) is 258 Å². The molecule has 10 nitrogen and oxygen atoms in total. The van der Waals surface area contributed by atoms with Crippen molar-refractivity contribution in [1.82, 2.24) is 8.61 Å². The van der Waals surface area contributed by atoms with Crippen molar-refractivity contribution in [2.75, 3.05) is 26.2 Å². The fourth-order valence-corrected chi connectivity index (χ4v) is 14.1. The van der Waals surface area contributed by atoms with Crippen molar-refractivity contribution in [1.29, 1.82) is 21.0 Å². The van der Waals surface area contributed by atoms with Gasteiger partial charge in [0.15, 0.2) is 0 Å². The maximum atomic E-state index is 15.1. The van der Waals surface area contributed by atoms with Gasteiger partial charge in [0.1, 0.15) is 0 Å². The number of nitrogens with zero attached hydrogens (tertiary/aromatic N) is 6. The quantitative estimate of drug-likeness (QED) is 0.0544. The Balaban J connectivity index is 5.95. The van der Waals surface area contributed by atoms with Gasteiger partial charge >= 0.3 is 0 Å². The minimum Gasteiger partial charge on any atom is -0.210 e. The van der Waals surface area contributed by atoms with Crippen LogP contribution >= 0.6 is 0 Å². The first kappa shape index (κ1) is 58.8. The van der Waals surface area contributed by atoms with Gasteiger partial charge in [-0.05, 0) is 64.2 Å². The molecule has 0 aliphatic carbocycles. The largest absolute Gasteiger partial charge is 0.235 e. The number of nitriles is 4. The molecule has 0 atom stereocenters. The molecule has 0 aromatic heterocycles. The number of hydrogen-bond acceptors (Lipinski definition) is 8. The van der Waals surface area contributed by atoms with Gasteiger partial charge in [-0.2, -0.15) is 21.0 Å². The lowest BCUT2D eigenvalue weighted by Crippen LogP contribution is -2.58. The van der Waals surface area contributed by atoms with Gasteiger partial charge in [-0.25, -0.2) is 25.4 Å². The van der Waals surface area contributed by atoms with E-state index in [0.717, 1.165) is 180 Å². The first-order chi connectivity index (χ1) is 29.7. The van der Waals surface area contributed by atoms with Crippen molar-refractivity contribution < 1.29 is 16.8 Å². The summed E-state index contributed by atoms with van der Waals surface area (Å²) < 4.78 is 61.5. The van der Waals surface area contributed by atoms with Gasteiger partial charge in [0.05, 0.1) is 24.3 Å². The lowest BCUT2D eigenvalue weighted by molar-refractivity contribution is 0.351. The zero-order chi connectivity index (χ0) is 45.2. The summed E-state index contributed by atoms with van der Waals surface area (Å²) >= 11 is 0. The Morgan fingerprint density at radius 3 is 0.639 bits per heavy atom. The van der Waals surface area contributed by atoms with E-state index in [1.807, 2.05) is 0 Å². The molecule has 0 fully saturated rings. The smallest absolute Gasteiger partial charge is 0.210 e. The average molecular weight is 891 g/mol. The van der Waals surface area contributed by atoms with Crippen LogP contribution in [0.15, 0.2) is 0 Å². The monoisotopic (exact) mass is 891 g/mol. The van der Waals surface area contributed by atoms with Crippen LogP contribution in [0, 0.1) is 45.3 Å². The summed E-state index contributed by atoms with van der Waals surface area (Å²) in [6, 6.07) is 8.84. The van der Waals surface area contributed by atoms with E-state index >= 15 is 16.8 Å². The summed E-state index contributed by atoms with van der Waals surface area (Å²) in [6.07, 6.45) is 34.2. The van der Waals surface area contributed by atoms with Crippen molar-refractivity contribution in [2.24, 2.45) is 0 Å². The second-order valence-electron chi connectivity index (χ2n) is 17.4. The number of hydrogen-bond donors (Lipinski definition) is 0. The van der Waals surface area contributed by atoms with Crippen molar-refractivity contribution in [2.45, 2.75) is 262 Å². The molecule has 61 heavy (non-hydrogen) atoms. The summed E-state index contributed by atoms with van der Waals surface area (Å²) in [6.45, 7) is 4.85. The molecule has 0 N–H and O–H groups in total. The molecule has 0 aliphatic heterocycles. The van der Waals surface area contributed by atoms with E-state index in [-0.39, 0.29) is 12.8 Å². The molecule has 0 unspecified atom stereocenters. The molecule has 0 heterocycles. The lowest BCUT2D eigenvalue weighted by Gasteiger charge is -2.39. The molecule has 0 amide bonds. The molecule has 0 aromatic carbocycles. The SMILES string of the molecule is CCC(CC)(S(=O)(=O)N(CCCCCCCCCCC#N)CCCCCCCCCCC#N)S(=O)(=O)N(CCCCCCCCCCC#N)CCCCCCCCCCC#N. The van der Waals surface area contributed by atoms with E-state index in [9.17, 15) is 0 Å². The van der Waals surface area contributed by atoms with Crippen LogP contribution in [0.3, 0.4) is 0 Å². The summed E-state index contributed by atoms with van der Waals surface area (Å²) in [7, 11) is -8.48. The van der Waals surface area contributed by atoms with Crippen LogP contribution < -0.4 is 0 Å². The van der Waals surface area contributed by atoms with Crippen molar-refractivity contribution in [3.63, 3.8) is 0 Å². The summed E-state index contributed by atoms with van der Waals surface area (Å²) in [4.78, 5) is 0. The Kier molecular flexibility index (Phi) is 39.1. The van der Waals surface area contributed by atoms with Gasteiger partial charge in [-0.1, -0.05) is 168 Å². The first-order valence-corrected chi connectivity index (χ1v) is 28.0. The fourth-order valence-electron chi connectivity index (χ4n) is 8.50. The van der Waals surface area contributed by atoms with Crippen LogP contribution in [0.2, 0.25) is 0 Å². The van der Waals surface area contributed by atoms with E-state index in [0.29, 0.717) is 77.5 Å². The van der Waals surface area contributed by atoms with E-state index in [1.165, 1.54) is 0 Å². The maximum absolute atomic E-state index is 15.1. The van der Waals surface area contributed by atoms with Crippen LogP contribution in [0.4, 0.5) is 0 Å². The minimum absolute atomic E-state index is 0.0103. The molecule has 0 saturated heterocycles. The Morgan fingerprint density at radius 2 is 0.475 bits per heavy atom. The first-order valence-electron chi connectivity index (χ1n) is 25.1.